The Morgan fingerprint density at radius 2 is 1.20 bits per heavy atom. The van der Waals surface area contributed by atoms with Gasteiger partial charge in [0.2, 0.25) is 0 Å². The summed E-state index contributed by atoms with van der Waals surface area (Å²) in [7, 11) is -5.44. The van der Waals surface area contributed by atoms with Crippen molar-refractivity contribution in [3.05, 3.63) is 0 Å². The van der Waals surface area contributed by atoms with Gasteiger partial charge in [0.15, 0.2) is 0 Å². The Balaban J connectivity index is 2.78. The summed E-state index contributed by atoms with van der Waals surface area (Å²) in [6.45, 7) is 12.0. The van der Waals surface area contributed by atoms with E-state index in [9.17, 15) is 9.13 Å². The summed E-state index contributed by atoms with van der Waals surface area (Å²) in [5.41, 5.74) is -2.17. The van der Waals surface area contributed by atoms with Gasteiger partial charge in [-0.2, -0.15) is 0 Å². The van der Waals surface area contributed by atoms with Gasteiger partial charge in [-0.3, -0.25) is 0 Å². The number of hydrogen-bond acceptors (Lipinski definition) is 10. The Hall–Kier alpha value is 0.570. The molecule has 0 bridgehead atoms. The fourth-order valence-electron chi connectivity index (χ4n) is 4.12. The minimum absolute atomic E-state index is 0.184. The third-order valence-corrected chi connectivity index (χ3v) is 17.2. The predicted octanol–water partition coefficient (Wildman–Crippen LogP) is 4.84. The summed E-state index contributed by atoms with van der Waals surface area (Å²) in [5, 5.41) is -1.34. The van der Waals surface area contributed by atoms with Gasteiger partial charge in [0.25, 0.3) is 0 Å². The SMILES string of the molecule is COP(=O)(OC)C(CP12(OC(C)(C)CN1C)OC(C)(C)C(C)(C)O2)P(=O)(OC)OC. The number of hydrogen-bond donors (Lipinski definition) is 0. The van der Waals surface area contributed by atoms with Crippen LogP contribution in [0, 0.1) is 0 Å². The molecular weight excluding hydrogens is 455 g/mol. The molecule has 13 heteroatoms. The zero-order valence-electron chi connectivity index (χ0n) is 20.0. The van der Waals surface area contributed by atoms with E-state index < -0.39 is 44.8 Å². The molecule has 0 N–H and O–H groups in total. The van der Waals surface area contributed by atoms with Crippen LogP contribution < -0.4 is 0 Å². The van der Waals surface area contributed by atoms with E-state index in [1.165, 1.54) is 28.4 Å². The first-order valence-corrected chi connectivity index (χ1v) is 15.0. The first-order valence-electron chi connectivity index (χ1n) is 9.70. The predicted molar refractivity (Wildman–Crippen MR) is 117 cm³/mol. The maximum absolute atomic E-state index is 13.6. The zero-order chi connectivity index (χ0) is 23.5. The molecule has 2 aliphatic rings. The molecule has 0 saturated carbocycles. The van der Waals surface area contributed by atoms with Crippen molar-refractivity contribution >= 4 is 22.6 Å². The fourth-order valence-corrected chi connectivity index (χ4v) is 16.6. The number of rotatable bonds is 8. The first-order chi connectivity index (χ1) is 13.4. The number of nitrogens with zero attached hydrogens (tertiary/aromatic N) is 1. The molecule has 1 spiro atoms. The van der Waals surface area contributed by atoms with E-state index in [2.05, 4.69) is 0 Å². The molecule has 2 rings (SSSR count). The van der Waals surface area contributed by atoms with Crippen LogP contribution in [0.1, 0.15) is 41.5 Å². The third kappa shape index (κ3) is 4.01. The molecule has 0 aromatic heterocycles. The van der Waals surface area contributed by atoms with Crippen LogP contribution in [0.4, 0.5) is 0 Å². The van der Waals surface area contributed by atoms with Gasteiger partial charge in [0.05, 0.1) is 0 Å². The van der Waals surface area contributed by atoms with E-state index >= 15 is 0 Å². The van der Waals surface area contributed by atoms with E-state index in [-0.39, 0.29) is 6.16 Å². The fraction of sp³-hybridized carbons (Fsp3) is 1.00. The van der Waals surface area contributed by atoms with Crippen LogP contribution >= 0.6 is 22.6 Å². The topological polar surface area (TPSA) is 102 Å². The second-order valence-corrected chi connectivity index (χ2v) is 18.2. The van der Waals surface area contributed by atoms with E-state index in [0.717, 1.165) is 0 Å². The second kappa shape index (κ2) is 7.82. The van der Waals surface area contributed by atoms with Crippen LogP contribution in [-0.2, 0) is 40.8 Å². The Morgan fingerprint density at radius 1 is 0.833 bits per heavy atom. The molecular formula is C17H38NO9P3. The molecule has 180 valence electrons. The summed E-state index contributed by atoms with van der Waals surface area (Å²) in [4.78, 5) is 0. The van der Waals surface area contributed by atoms with Crippen molar-refractivity contribution < 1.29 is 40.8 Å². The zero-order valence-corrected chi connectivity index (χ0v) is 22.6. The maximum atomic E-state index is 13.6. The first kappa shape index (κ1) is 26.8. The van der Waals surface area contributed by atoms with Crippen molar-refractivity contribution in [2.45, 2.75) is 63.7 Å². The van der Waals surface area contributed by atoms with Crippen LogP contribution in [0.25, 0.3) is 0 Å². The normalized spacial score (nSPS) is 28.6. The van der Waals surface area contributed by atoms with Crippen molar-refractivity contribution in [1.82, 2.24) is 4.67 Å². The Kier molecular flexibility index (Phi) is 6.99. The Labute approximate surface area is 180 Å². The van der Waals surface area contributed by atoms with Crippen molar-refractivity contribution in [3.63, 3.8) is 0 Å². The summed E-state index contributed by atoms with van der Waals surface area (Å²) >= 11 is 0. The monoisotopic (exact) mass is 493 g/mol. The van der Waals surface area contributed by atoms with Gasteiger partial charge in [-0.15, -0.1) is 0 Å². The van der Waals surface area contributed by atoms with Gasteiger partial charge in [0, 0.05) is 0 Å². The molecule has 30 heavy (non-hydrogen) atoms. The summed E-state index contributed by atoms with van der Waals surface area (Å²) in [6.07, 6.45) is -0.184. The van der Waals surface area contributed by atoms with Crippen molar-refractivity contribution in [3.8, 4) is 0 Å². The molecule has 0 atom stereocenters. The molecule has 2 fully saturated rings. The van der Waals surface area contributed by atoms with Crippen LogP contribution in [-0.4, -0.2) is 75.1 Å². The van der Waals surface area contributed by atoms with E-state index in [1.54, 1.807) is 0 Å². The van der Waals surface area contributed by atoms with E-state index in [4.69, 9.17) is 31.7 Å². The van der Waals surface area contributed by atoms with E-state index in [1.807, 2.05) is 53.3 Å². The summed E-state index contributed by atoms with van der Waals surface area (Å²) in [5.74, 6) is 0. The quantitative estimate of drug-likeness (QED) is 0.437. The Bertz CT molecular complexity index is 712. The molecule has 10 nitrogen and oxygen atoms in total. The molecule has 0 radical (unpaired) electrons. The van der Waals surface area contributed by atoms with Gasteiger partial charge in [-0.05, 0) is 0 Å². The third-order valence-electron chi connectivity index (χ3n) is 6.18. The molecule has 2 aliphatic heterocycles. The molecule has 2 heterocycles. The van der Waals surface area contributed by atoms with Gasteiger partial charge >= 0.3 is 180 Å². The van der Waals surface area contributed by atoms with Crippen molar-refractivity contribution in [2.24, 2.45) is 0 Å². The van der Waals surface area contributed by atoms with Crippen LogP contribution in [0.15, 0.2) is 0 Å². The average Bonchev–Trinajstić information content (AvgIpc) is 2.92. The molecule has 0 aromatic carbocycles. The van der Waals surface area contributed by atoms with Crippen LogP contribution in [0.3, 0.4) is 0 Å². The van der Waals surface area contributed by atoms with Crippen molar-refractivity contribution in [1.29, 1.82) is 0 Å². The summed E-state index contributed by atoms with van der Waals surface area (Å²) in [6, 6.07) is 0. The summed E-state index contributed by atoms with van der Waals surface area (Å²) < 4.78 is 70.0. The molecule has 2 saturated heterocycles. The van der Waals surface area contributed by atoms with Crippen molar-refractivity contribution in [2.75, 3.05) is 48.2 Å². The molecule has 0 aromatic rings. The van der Waals surface area contributed by atoms with Gasteiger partial charge in [0.1, 0.15) is 0 Å². The van der Waals surface area contributed by atoms with Crippen LogP contribution in [0.5, 0.6) is 0 Å². The van der Waals surface area contributed by atoms with E-state index in [0.29, 0.717) is 6.54 Å². The van der Waals surface area contributed by atoms with Gasteiger partial charge in [-0.1, -0.05) is 0 Å². The standard InChI is InChI=1S/C17H38NO9P3/c1-15(2)13-18(7)30(25-15,26-16(3,4)17(5,6)27-30)12-14(28(19,21-8)22-9)29(20,23-10)24-11/h14H,12-13H2,1-11H3. The second-order valence-electron chi connectivity index (χ2n) is 9.34. The minimum atomic E-state index is -4.22. The van der Waals surface area contributed by atoms with Gasteiger partial charge in [-0.25, -0.2) is 0 Å². The number of likely N-dealkylation sites (N-methyl/N-ethyl adjacent to an activating group) is 1. The molecule has 0 amide bonds. The molecule has 0 aliphatic carbocycles. The average molecular weight is 493 g/mol. The van der Waals surface area contributed by atoms with Gasteiger partial charge < -0.3 is 0 Å². The van der Waals surface area contributed by atoms with Crippen LogP contribution in [0.2, 0.25) is 0 Å². The Morgan fingerprint density at radius 3 is 1.47 bits per heavy atom. The molecule has 0 unspecified atom stereocenters.